The zero-order chi connectivity index (χ0) is 12.2. The van der Waals surface area contributed by atoms with Crippen LogP contribution in [0.25, 0.3) is 0 Å². The number of hydrogen-bond donors (Lipinski definition) is 0. The van der Waals surface area contributed by atoms with Crippen LogP contribution in [0.3, 0.4) is 0 Å². The predicted octanol–water partition coefficient (Wildman–Crippen LogP) is 4.05. The van der Waals surface area contributed by atoms with Crippen LogP contribution in [0.15, 0.2) is 24.8 Å². The SMILES string of the molecule is C=CC[C@@H]1C=CC(=O)C[C@H]1CC[Si](C)(C)C. The van der Waals surface area contributed by atoms with Crippen LogP contribution in [0, 0.1) is 11.8 Å². The van der Waals surface area contributed by atoms with Crippen molar-refractivity contribution >= 4 is 13.9 Å². The highest BCUT2D eigenvalue weighted by molar-refractivity contribution is 6.76. The van der Waals surface area contributed by atoms with Gasteiger partial charge >= 0.3 is 0 Å². The standard InChI is InChI=1S/C14H24OSi/c1-5-6-12-7-8-14(15)11-13(12)9-10-16(2,3)4/h5,7-8,12-13H,1,6,9-11H2,2-4H3/t12-,13-/m1/s1. The van der Waals surface area contributed by atoms with Crippen molar-refractivity contribution in [3.63, 3.8) is 0 Å². The maximum atomic E-state index is 11.4. The fourth-order valence-corrected chi connectivity index (χ4v) is 3.50. The van der Waals surface area contributed by atoms with Gasteiger partial charge in [-0.3, -0.25) is 4.79 Å². The average Bonchev–Trinajstić information content (AvgIpc) is 2.17. The van der Waals surface area contributed by atoms with E-state index in [1.807, 2.05) is 6.08 Å². The lowest BCUT2D eigenvalue weighted by Crippen LogP contribution is -2.25. The van der Waals surface area contributed by atoms with E-state index in [2.05, 4.69) is 32.3 Å². The van der Waals surface area contributed by atoms with Crippen molar-refractivity contribution < 1.29 is 4.79 Å². The predicted molar refractivity (Wildman–Crippen MR) is 73.3 cm³/mol. The van der Waals surface area contributed by atoms with E-state index in [0.717, 1.165) is 12.8 Å². The van der Waals surface area contributed by atoms with Crippen LogP contribution in [0.5, 0.6) is 0 Å². The lowest BCUT2D eigenvalue weighted by atomic mass is 9.80. The molecule has 0 radical (unpaired) electrons. The molecule has 0 N–H and O–H groups in total. The third-order valence-electron chi connectivity index (χ3n) is 3.30. The molecular weight excluding hydrogens is 212 g/mol. The minimum absolute atomic E-state index is 0.306. The summed E-state index contributed by atoms with van der Waals surface area (Å²) in [7, 11) is -0.977. The van der Waals surface area contributed by atoms with Gasteiger partial charge in [-0.2, -0.15) is 0 Å². The monoisotopic (exact) mass is 236 g/mol. The topological polar surface area (TPSA) is 17.1 Å². The maximum absolute atomic E-state index is 11.4. The first-order valence-electron chi connectivity index (χ1n) is 6.24. The zero-order valence-electron chi connectivity index (χ0n) is 10.8. The molecule has 0 fully saturated rings. The Morgan fingerprint density at radius 3 is 2.75 bits per heavy atom. The van der Waals surface area contributed by atoms with Crippen LogP contribution in [-0.2, 0) is 4.79 Å². The summed E-state index contributed by atoms with van der Waals surface area (Å²) in [5.41, 5.74) is 0. The van der Waals surface area contributed by atoms with Gasteiger partial charge in [-0.25, -0.2) is 0 Å². The van der Waals surface area contributed by atoms with E-state index in [4.69, 9.17) is 0 Å². The van der Waals surface area contributed by atoms with Gasteiger partial charge in [0.25, 0.3) is 0 Å². The first-order valence-corrected chi connectivity index (χ1v) is 9.95. The minimum Gasteiger partial charge on any atom is -0.295 e. The molecule has 0 spiro atoms. The Bertz CT molecular complexity index is 286. The Labute approximate surface area is 101 Å². The summed E-state index contributed by atoms with van der Waals surface area (Å²) in [6.07, 6.45) is 8.82. The largest absolute Gasteiger partial charge is 0.295 e. The third-order valence-corrected chi connectivity index (χ3v) is 5.09. The van der Waals surface area contributed by atoms with E-state index in [0.29, 0.717) is 17.6 Å². The van der Waals surface area contributed by atoms with Gasteiger partial charge in [0, 0.05) is 14.5 Å². The molecule has 0 aliphatic heterocycles. The van der Waals surface area contributed by atoms with E-state index in [1.165, 1.54) is 12.5 Å². The van der Waals surface area contributed by atoms with Crippen molar-refractivity contribution in [2.45, 2.75) is 44.9 Å². The number of hydrogen-bond acceptors (Lipinski definition) is 1. The summed E-state index contributed by atoms with van der Waals surface area (Å²) in [4.78, 5) is 11.4. The van der Waals surface area contributed by atoms with E-state index < -0.39 is 8.07 Å². The van der Waals surface area contributed by atoms with Crippen LogP contribution in [-0.4, -0.2) is 13.9 Å². The van der Waals surface area contributed by atoms with Crippen LogP contribution >= 0.6 is 0 Å². The van der Waals surface area contributed by atoms with Gasteiger partial charge in [-0.15, -0.1) is 6.58 Å². The Kier molecular flexibility index (Phi) is 4.72. The zero-order valence-corrected chi connectivity index (χ0v) is 11.8. The van der Waals surface area contributed by atoms with Gasteiger partial charge in [0.1, 0.15) is 0 Å². The highest BCUT2D eigenvalue weighted by Crippen LogP contribution is 2.31. The molecule has 1 aliphatic rings. The Morgan fingerprint density at radius 2 is 2.19 bits per heavy atom. The molecule has 0 saturated carbocycles. The number of carbonyl (C=O) groups is 1. The van der Waals surface area contributed by atoms with Crippen molar-refractivity contribution in [2.24, 2.45) is 11.8 Å². The fraction of sp³-hybridized carbons (Fsp3) is 0.643. The van der Waals surface area contributed by atoms with Crippen LogP contribution < -0.4 is 0 Å². The summed E-state index contributed by atoms with van der Waals surface area (Å²) >= 11 is 0. The highest BCUT2D eigenvalue weighted by atomic mass is 28.3. The Hall–Kier alpha value is -0.633. The minimum atomic E-state index is -0.977. The summed E-state index contributed by atoms with van der Waals surface area (Å²) in [5, 5.41) is 0. The third kappa shape index (κ3) is 4.48. The van der Waals surface area contributed by atoms with Crippen LogP contribution in [0.1, 0.15) is 19.3 Å². The molecule has 90 valence electrons. The second-order valence-electron chi connectivity index (χ2n) is 6.08. The van der Waals surface area contributed by atoms with Gasteiger partial charge in [0.05, 0.1) is 0 Å². The lowest BCUT2D eigenvalue weighted by molar-refractivity contribution is -0.116. The molecule has 1 rings (SSSR count). The fourth-order valence-electron chi connectivity index (χ4n) is 2.26. The first kappa shape index (κ1) is 13.4. The summed E-state index contributed by atoms with van der Waals surface area (Å²) < 4.78 is 0. The van der Waals surface area contributed by atoms with Gasteiger partial charge < -0.3 is 0 Å². The molecule has 0 aromatic heterocycles. The van der Waals surface area contributed by atoms with E-state index in [-0.39, 0.29) is 0 Å². The van der Waals surface area contributed by atoms with Gasteiger partial charge in [0.2, 0.25) is 0 Å². The van der Waals surface area contributed by atoms with Crippen molar-refractivity contribution in [1.82, 2.24) is 0 Å². The summed E-state index contributed by atoms with van der Waals surface area (Å²) in [6.45, 7) is 11.0. The van der Waals surface area contributed by atoms with Crippen molar-refractivity contribution in [2.75, 3.05) is 0 Å². The number of rotatable bonds is 5. The molecule has 0 heterocycles. The number of ketones is 1. The van der Waals surface area contributed by atoms with E-state index >= 15 is 0 Å². The summed E-state index contributed by atoms with van der Waals surface area (Å²) in [5.74, 6) is 1.41. The smallest absolute Gasteiger partial charge is 0.155 e. The maximum Gasteiger partial charge on any atom is 0.155 e. The highest BCUT2D eigenvalue weighted by Gasteiger charge is 2.26. The summed E-state index contributed by atoms with van der Waals surface area (Å²) in [6, 6.07) is 1.33. The average molecular weight is 236 g/mol. The van der Waals surface area contributed by atoms with Crippen LogP contribution in [0.4, 0.5) is 0 Å². The molecule has 2 heteroatoms. The van der Waals surface area contributed by atoms with Crippen molar-refractivity contribution in [3.05, 3.63) is 24.8 Å². The molecule has 16 heavy (non-hydrogen) atoms. The molecule has 0 saturated heterocycles. The molecule has 1 nitrogen and oxygen atoms in total. The molecular formula is C14H24OSi. The number of allylic oxidation sites excluding steroid dienone is 3. The van der Waals surface area contributed by atoms with E-state index in [1.54, 1.807) is 6.08 Å². The quantitative estimate of drug-likeness (QED) is 0.520. The van der Waals surface area contributed by atoms with Crippen LogP contribution in [0.2, 0.25) is 25.7 Å². The second kappa shape index (κ2) is 5.62. The molecule has 0 aromatic carbocycles. The van der Waals surface area contributed by atoms with E-state index in [9.17, 15) is 4.79 Å². The van der Waals surface area contributed by atoms with Gasteiger partial charge in [0.15, 0.2) is 5.78 Å². The lowest BCUT2D eigenvalue weighted by Gasteiger charge is -2.28. The molecule has 2 atom stereocenters. The normalized spacial score (nSPS) is 25.8. The molecule has 0 bridgehead atoms. The van der Waals surface area contributed by atoms with Crippen molar-refractivity contribution in [1.29, 1.82) is 0 Å². The Morgan fingerprint density at radius 1 is 1.50 bits per heavy atom. The van der Waals surface area contributed by atoms with Gasteiger partial charge in [-0.1, -0.05) is 44.3 Å². The Balaban J connectivity index is 2.57. The first-order chi connectivity index (χ1) is 7.42. The molecule has 1 aliphatic carbocycles. The van der Waals surface area contributed by atoms with Gasteiger partial charge in [-0.05, 0) is 24.3 Å². The molecule has 0 unspecified atom stereocenters. The second-order valence-corrected chi connectivity index (χ2v) is 11.7. The molecule has 0 aromatic rings. The van der Waals surface area contributed by atoms with Crippen molar-refractivity contribution in [3.8, 4) is 0 Å². The number of carbonyl (C=O) groups excluding carboxylic acids is 1. The molecule has 0 amide bonds.